The number of methoxy groups -OCH3 is 1. The number of aromatic nitrogens is 2. The minimum Gasteiger partial charge on any atom is -0.493 e. The van der Waals surface area contributed by atoms with Gasteiger partial charge in [-0.25, -0.2) is 0 Å². The van der Waals surface area contributed by atoms with Crippen molar-refractivity contribution in [2.24, 2.45) is 0 Å². The van der Waals surface area contributed by atoms with Crippen molar-refractivity contribution in [3.05, 3.63) is 70.4 Å². The normalized spacial score (nSPS) is 17.2. The fourth-order valence-electron chi connectivity index (χ4n) is 3.92. The molecular weight excluding hydrogens is 451 g/mol. The number of H-pyrrole nitrogens is 1. The Labute approximate surface area is 193 Å². The maximum atomic E-state index is 13.6. The Hall–Kier alpha value is -3.68. The number of halogens is 3. The second-order valence-electron chi connectivity index (χ2n) is 7.67. The van der Waals surface area contributed by atoms with Crippen LogP contribution in [0, 0.1) is 11.8 Å². The number of anilines is 1. The summed E-state index contributed by atoms with van der Waals surface area (Å²) in [6.45, 7) is -0.781. The number of benzene rings is 2. The van der Waals surface area contributed by atoms with Gasteiger partial charge in [-0.05, 0) is 29.8 Å². The lowest BCUT2D eigenvalue weighted by atomic mass is 9.87. The molecule has 1 aromatic heterocycles. The first-order valence-corrected chi connectivity index (χ1v) is 10.4. The van der Waals surface area contributed by atoms with Gasteiger partial charge in [-0.2, -0.15) is 18.3 Å². The third-order valence-electron chi connectivity index (χ3n) is 5.51. The number of hydrogen-bond donors (Lipinski definition) is 4. The maximum Gasteiger partial charge on any atom is 0.416 e. The van der Waals surface area contributed by atoms with E-state index in [1.807, 2.05) is 0 Å². The van der Waals surface area contributed by atoms with Gasteiger partial charge in [0.05, 0.1) is 12.7 Å². The van der Waals surface area contributed by atoms with Crippen molar-refractivity contribution in [3.8, 4) is 23.3 Å². The molecule has 1 aliphatic heterocycles. The summed E-state index contributed by atoms with van der Waals surface area (Å²) in [7, 11) is 1.45. The Morgan fingerprint density at radius 3 is 2.74 bits per heavy atom. The molecule has 0 fully saturated rings. The first-order valence-electron chi connectivity index (χ1n) is 10.4. The highest BCUT2D eigenvalue weighted by Crippen LogP contribution is 2.40. The van der Waals surface area contributed by atoms with Crippen LogP contribution in [-0.4, -0.2) is 40.4 Å². The summed E-state index contributed by atoms with van der Waals surface area (Å²) in [6.07, 6.45) is -3.20. The molecule has 0 aliphatic carbocycles. The molecule has 2 unspecified atom stereocenters. The van der Waals surface area contributed by atoms with E-state index in [0.717, 1.165) is 17.2 Å². The van der Waals surface area contributed by atoms with Crippen molar-refractivity contribution in [2.45, 2.75) is 31.3 Å². The van der Waals surface area contributed by atoms with Crippen LogP contribution >= 0.6 is 0 Å². The van der Waals surface area contributed by atoms with Gasteiger partial charge in [0.1, 0.15) is 19.4 Å². The number of alkyl halides is 3. The minimum atomic E-state index is -4.60. The van der Waals surface area contributed by atoms with Crippen molar-refractivity contribution in [3.63, 3.8) is 0 Å². The molecule has 0 saturated carbocycles. The number of rotatable bonds is 5. The van der Waals surface area contributed by atoms with E-state index >= 15 is 0 Å². The molecule has 4 N–H and O–H groups in total. The summed E-state index contributed by atoms with van der Waals surface area (Å²) in [5, 5.41) is 28.7. The van der Waals surface area contributed by atoms with Crippen molar-refractivity contribution in [1.82, 2.24) is 10.2 Å². The van der Waals surface area contributed by atoms with Gasteiger partial charge >= 0.3 is 6.18 Å². The van der Waals surface area contributed by atoms with Crippen molar-refractivity contribution in [2.75, 3.05) is 19.0 Å². The zero-order valence-electron chi connectivity index (χ0n) is 18.1. The Morgan fingerprint density at radius 2 is 2.00 bits per heavy atom. The van der Waals surface area contributed by atoms with Gasteiger partial charge in [-0.1, -0.05) is 24.0 Å². The smallest absolute Gasteiger partial charge is 0.416 e. The fourth-order valence-corrected chi connectivity index (χ4v) is 3.92. The molecule has 0 amide bonds. The maximum absolute atomic E-state index is 13.6. The largest absolute Gasteiger partial charge is 0.493 e. The third-order valence-corrected chi connectivity index (χ3v) is 5.51. The standard InChI is InChI=1S/C24H22F3N3O4/c1-33-21-10-15(17-11-22(32)29-23-18(17)12-28-30-23)6-7-20(21)34-13-16-5-4-14(3-2-8-31)9-19(16)24(25,26)27/h4-7,9-10,12,17,22,31-32H,8,11,13H2,1H3,(H2,28,29,30). The van der Waals surface area contributed by atoms with E-state index in [9.17, 15) is 18.3 Å². The molecule has 2 atom stereocenters. The topological polar surface area (TPSA) is 99.6 Å². The van der Waals surface area contributed by atoms with Gasteiger partial charge in [0.15, 0.2) is 17.3 Å². The van der Waals surface area contributed by atoms with Gasteiger partial charge < -0.3 is 25.0 Å². The summed E-state index contributed by atoms with van der Waals surface area (Å²) < 4.78 is 51.9. The van der Waals surface area contributed by atoms with E-state index < -0.39 is 24.6 Å². The SMILES string of the molecule is COc1cc(C2CC(O)Nc3n[nH]cc32)ccc1OCc1ccc(C#CCO)cc1C(F)(F)F. The molecule has 2 aromatic carbocycles. The monoisotopic (exact) mass is 473 g/mol. The molecular formula is C24H22F3N3O4. The van der Waals surface area contributed by atoms with E-state index in [4.69, 9.17) is 14.6 Å². The van der Waals surface area contributed by atoms with Gasteiger partial charge in [-0.15, -0.1) is 0 Å². The van der Waals surface area contributed by atoms with Crippen LogP contribution < -0.4 is 14.8 Å². The zero-order chi connectivity index (χ0) is 24.3. The number of aliphatic hydroxyl groups is 2. The lowest BCUT2D eigenvalue weighted by molar-refractivity contribution is -0.138. The number of nitrogens with one attached hydrogen (secondary N) is 2. The van der Waals surface area contributed by atoms with Crippen LogP contribution in [-0.2, 0) is 12.8 Å². The van der Waals surface area contributed by atoms with E-state index in [2.05, 4.69) is 27.4 Å². The van der Waals surface area contributed by atoms with Crippen molar-refractivity contribution >= 4 is 5.82 Å². The molecule has 10 heteroatoms. The summed E-state index contributed by atoms with van der Waals surface area (Å²) in [6, 6.07) is 8.86. The van der Waals surface area contributed by atoms with Gasteiger partial charge in [0, 0.05) is 35.2 Å². The lowest BCUT2D eigenvalue weighted by Gasteiger charge is -2.27. The molecule has 4 rings (SSSR count). The van der Waals surface area contributed by atoms with Crippen molar-refractivity contribution in [1.29, 1.82) is 0 Å². The number of nitrogens with zero attached hydrogens (tertiary/aromatic N) is 1. The first-order chi connectivity index (χ1) is 16.3. The molecule has 7 nitrogen and oxygen atoms in total. The highest BCUT2D eigenvalue weighted by molar-refractivity contribution is 5.54. The van der Waals surface area contributed by atoms with E-state index in [1.165, 1.54) is 19.2 Å². The third kappa shape index (κ3) is 4.95. The summed E-state index contributed by atoms with van der Waals surface area (Å²) in [5.74, 6) is 5.87. The summed E-state index contributed by atoms with van der Waals surface area (Å²) in [4.78, 5) is 0. The number of fused-ring (bicyclic) bond motifs is 1. The van der Waals surface area contributed by atoms with Crippen molar-refractivity contribution < 1.29 is 32.9 Å². The van der Waals surface area contributed by atoms with Crippen LogP contribution in [0.15, 0.2) is 42.6 Å². The average Bonchev–Trinajstić information content (AvgIpc) is 3.28. The van der Waals surface area contributed by atoms with Gasteiger partial charge in [0.25, 0.3) is 0 Å². The Morgan fingerprint density at radius 1 is 1.18 bits per heavy atom. The highest BCUT2D eigenvalue weighted by atomic mass is 19.4. The molecule has 0 spiro atoms. The van der Waals surface area contributed by atoms with Crippen LogP contribution in [0.2, 0.25) is 0 Å². The predicted molar refractivity (Wildman–Crippen MR) is 117 cm³/mol. The number of aliphatic hydroxyl groups excluding tert-OH is 2. The second-order valence-corrected chi connectivity index (χ2v) is 7.67. The highest BCUT2D eigenvalue weighted by Gasteiger charge is 2.34. The van der Waals surface area contributed by atoms with Crippen LogP contribution in [0.5, 0.6) is 11.5 Å². The predicted octanol–water partition coefficient (Wildman–Crippen LogP) is 3.63. The van der Waals surface area contributed by atoms with Gasteiger partial charge in [0.2, 0.25) is 0 Å². The lowest BCUT2D eigenvalue weighted by Crippen LogP contribution is -2.27. The Kier molecular flexibility index (Phi) is 6.68. The van der Waals surface area contributed by atoms with Crippen LogP contribution in [0.1, 0.15) is 40.2 Å². The second kappa shape index (κ2) is 9.67. The summed E-state index contributed by atoms with van der Waals surface area (Å²) >= 11 is 0. The van der Waals surface area contributed by atoms with E-state index in [0.29, 0.717) is 18.0 Å². The van der Waals surface area contributed by atoms with E-state index in [-0.39, 0.29) is 29.4 Å². The molecule has 0 radical (unpaired) electrons. The first kappa shape index (κ1) is 23.5. The molecule has 2 heterocycles. The molecule has 0 saturated heterocycles. The van der Waals surface area contributed by atoms with Crippen LogP contribution in [0.3, 0.4) is 0 Å². The minimum absolute atomic E-state index is 0.0577. The molecule has 178 valence electrons. The molecule has 3 aromatic rings. The number of aromatic amines is 1. The molecule has 34 heavy (non-hydrogen) atoms. The average molecular weight is 473 g/mol. The van der Waals surface area contributed by atoms with Crippen LogP contribution in [0.25, 0.3) is 0 Å². The Balaban J connectivity index is 1.58. The molecule has 1 aliphatic rings. The molecule has 0 bridgehead atoms. The van der Waals surface area contributed by atoms with Gasteiger partial charge in [-0.3, -0.25) is 5.10 Å². The fraction of sp³-hybridized carbons (Fsp3) is 0.292. The number of hydrogen-bond acceptors (Lipinski definition) is 6. The number of ether oxygens (including phenoxy) is 2. The zero-order valence-corrected chi connectivity index (χ0v) is 18.1. The quantitative estimate of drug-likeness (QED) is 0.423. The van der Waals surface area contributed by atoms with Crippen LogP contribution in [0.4, 0.5) is 19.0 Å². The Bertz CT molecular complexity index is 1230. The van der Waals surface area contributed by atoms with E-state index in [1.54, 1.807) is 24.4 Å². The summed E-state index contributed by atoms with van der Waals surface area (Å²) in [5.41, 5.74) is 0.965.